The minimum Gasteiger partial charge on any atom is -0.393 e. The Morgan fingerprint density at radius 1 is 0.933 bits per heavy atom. The highest BCUT2D eigenvalue weighted by atomic mass is 16.3. The van der Waals surface area contributed by atoms with E-state index in [1.54, 1.807) is 0 Å². The van der Waals surface area contributed by atoms with Crippen LogP contribution in [0.15, 0.2) is 0 Å². The van der Waals surface area contributed by atoms with Crippen LogP contribution in [0.4, 0.5) is 0 Å². The molecule has 1 nitrogen and oxygen atoms in total. The van der Waals surface area contributed by atoms with Gasteiger partial charge in [0, 0.05) is 0 Å². The van der Waals surface area contributed by atoms with E-state index in [4.69, 9.17) is 0 Å². The van der Waals surface area contributed by atoms with Crippen molar-refractivity contribution in [2.75, 3.05) is 0 Å². The Labute approximate surface area is 96.3 Å². The second kappa shape index (κ2) is 7.27. The van der Waals surface area contributed by atoms with Crippen molar-refractivity contribution >= 4 is 0 Å². The van der Waals surface area contributed by atoms with Gasteiger partial charge < -0.3 is 5.11 Å². The van der Waals surface area contributed by atoms with E-state index in [-0.39, 0.29) is 6.10 Å². The summed E-state index contributed by atoms with van der Waals surface area (Å²) in [4.78, 5) is 0. The molecule has 0 spiro atoms. The highest BCUT2D eigenvalue weighted by Crippen LogP contribution is 2.22. The van der Waals surface area contributed by atoms with Crippen LogP contribution in [-0.4, -0.2) is 11.2 Å². The summed E-state index contributed by atoms with van der Waals surface area (Å²) in [5.41, 5.74) is 0.414. The standard InChI is InChI=1S/C14H30O/c1-12(2)8-6-9-13(15)10-7-11-14(3,4)5/h12-13,15H,6-11H2,1-5H3/t13-/m1/s1. The number of hydrogen-bond acceptors (Lipinski definition) is 1. The molecule has 1 N–H and O–H groups in total. The van der Waals surface area contributed by atoms with Crippen molar-refractivity contribution in [2.45, 2.75) is 79.2 Å². The molecule has 0 fully saturated rings. The van der Waals surface area contributed by atoms with Gasteiger partial charge in [-0.15, -0.1) is 0 Å². The summed E-state index contributed by atoms with van der Waals surface area (Å²) in [6.45, 7) is 11.3. The number of hydrogen-bond donors (Lipinski definition) is 1. The first-order chi connectivity index (χ1) is 6.81. The SMILES string of the molecule is CC(C)CCC[C@@H](O)CCCC(C)(C)C. The van der Waals surface area contributed by atoms with Crippen LogP contribution in [-0.2, 0) is 0 Å². The molecule has 0 aromatic heterocycles. The van der Waals surface area contributed by atoms with Crippen molar-refractivity contribution in [1.82, 2.24) is 0 Å². The molecule has 0 saturated heterocycles. The summed E-state index contributed by atoms with van der Waals surface area (Å²) in [6.07, 6.45) is 6.70. The van der Waals surface area contributed by atoms with Crippen LogP contribution in [0.25, 0.3) is 0 Å². The Morgan fingerprint density at radius 3 is 1.93 bits per heavy atom. The molecule has 1 heteroatoms. The van der Waals surface area contributed by atoms with E-state index in [9.17, 15) is 5.11 Å². The maximum Gasteiger partial charge on any atom is 0.0540 e. The Bertz CT molecular complexity index is 144. The van der Waals surface area contributed by atoms with Crippen molar-refractivity contribution in [3.05, 3.63) is 0 Å². The van der Waals surface area contributed by atoms with E-state index in [0.29, 0.717) is 5.41 Å². The number of rotatable bonds is 7. The summed E-state index contributed by atoms with van der Waals surface area (Å²) in [7, 11) is 0. The lowest BCUT2D eigenvalue weighted by molar-refractivity contribution is 0.141. The predicted octanol–water partition coefficient (Wildman–Crippen LogP) is 4.39. The zero-order valence-corrected chi connectivity index (χ0v) is 11.3. The lowest BCUT2D eigenvalue weighted by Gasteiger charge is -2.19. The normalized spacial score (nSPS) is 14.6. The van der Waals surface area contributed by atoms with Crippen LogP contribution in [0.3, 0.4) is 0 Å². The molecule has 0 amide bonds. The van der Waals surface area contributed by atoms with E-state index in [1.165, 1.54) is 19.3 Å². The van der Waals surface area contributed by atoms with Crippen LogP contribution >= 0.6 is 0 Å². The van der Waals surface area contributed by atoms with Crippen LogP contribution in [0.2, 0.25) is 0 Å². The van der Waals surface area contributed by atoms with Crippen molar-refractivity contribution in [2.24, 2.45) is 11.3 Å². The summed E-state index contributed by atoms with van der Waals surface area (Å²) in [6, 6.07) is 0. The second-order valence-corrected chi connectivity index (χ2v) is 6.43. The van der Waals surface area contributed by atoms with Crippen LogP contribution in [0.1, 0.15) is 73.1 Å². The smallest absolute Gasteiger partial charge is 0.0540 e. The Kier molecular flexibility index (Phi) is 7.25. The molecule has 1 atom stereocenters. The molecule has 0 aromatic carbocycles. The monoisotopic (exact) mass is 214 g/mol. The van der Waals surface area contributed by atoms with E-state index in [2.05, 4.69) is 34.6 Å². The first-order valence-electron chi connectivity index (χ1n) is 6.49. The summed E-state index contributed by atoms with van der Waals surface area (Å²) < 4.78 is 0. The highest BCUT2D eigenvalue weighted by Gasteiger charge is 2.11. The Hall–Kier alpha value is -0.0400. The van der Waals surface area contributed by atoms with Gasteiger partial charge >= 0.3 is 0 Å². The molecule has 0 unspecified atom stereocenters. The third-order valence-electron chi connectivity index (χ3n) is 2.78. The molecule has 0 saturated carbocycles. The third kappa shape index (κ3) is 11.9. The van der Waals surface area contributed by atoms with E-state index in [0.717, 1.165) is 25.2 Å². The average Bonchev–Trinajstić information content (AvgIpc) is 2.00. The van der Waals surface area contributed by atoms with Crippen LogP contribution < -0.4 is 0 Å². The maximum absolute atomic E-state index is 9.76. The molecule has 0 radical (unpaired) electrons. The average molecular weight is 214 g/mol. The summed E-state index contributed by atoms with van der Waals surface area (Å²) in [5, 5.41) is 9.76. The molecule has 92 valence electrons. The first-order valence-corrected chi connectivity index (χ1v) is 6.49. The zero-order valence-electron chi connectivity index (χ0n) is 11.3. The van der Waals surface area contributed by atoms with Gasteiger partial charge in [0.15, 0.2) is 0 Å². The zero-order chi connectivity index (χ0) is 11.9. The van der Waals surface area contributed by atoms with Crippen LogP contribution in [0.5, 0.6) is 0 Å². The molecular formula is C14H30O. The van der Waals surface area contributed by atoms with Crippen molar-refractivity contribution in [3.8, 4) is 0 Å². The van der Waals surface area contributed by atoms with Crippen molar-refractivity contribution in [1.29, 1.82) is 0 Å². The van der Waals surface area contributed by atoms with Crippen LogP contribution in [0, 0.1) is 11.3 Å². The largest absolute Gasteiger partial charge is 0.393 e. The molecule has 15 heavy (non-hydrogen) atoms. The third-order valence-corrected chi connectivity index (χ3v) is 2.78. The van der Waals surface area contributed by atoms with Crippen molar-refractivity contribution in [3.63, 3.8) is 0 Å². The molecule has 0 heterocycles. The van der Waals surface area contributed by atoms with Gasteiger partial charge in [0.2, 0.25) is 0 Å². The quantitative estimate of drug-likeness (QED) is 0.666. The van der Waals surface area contributed by atoms with E-state index >= 15 is 0 Å². The molecule has 0 aliphatic heterocycles. The lowest BCUT2D eigenvalue weighted by atomic mass is 9.89. The Balaban J connectivity index is 3.37. The van der Waals surface area contributed by atoms with Gasteiger partial charge in [-0.1, -0.05) is 53.9 Å². The van der Waals surface area contributed by atoms with Gasteiger partial charge in [0.1, 0.15) is 0 Å². The van der Waals surface area contributed by atoms with E-state index < -0.39 is 0 Å². The topological polar surface area (TPSA) is 20.2 Å². The second-order valence-electron chi connectivity index (χ2n) is 6.43. The van der Waals surface area contributed by atoms with Crippen molar-refractivity contribution < 1.29 is 5.11 Å². The Morgan fingerprint density at radius 2 is 1.47 bits per heavy atom. The lowest BCUT2D eigenvalue weighted by Crippen LogP contribution is -2.10. The number of aliphatic hydroxyl groups is 1. The van der Waals surface area contributed by atoms with Gasteiger partial charge in [0.05, 0.1) is 6.10 Å². The molecule has 0 aliphatic rings. The predicted molar refractivity (Wildman–Crippen MR) is 68.0 cm³/mol. The molecule has 0 aliphatic carbocycles. The number of aliphatic hydroxyl groups excluding tert-OH is 1. The van der Waals surface area contributed by atoms with Gasteiger partial charge in [-0.3, -0.25) is 0 Å². The molecule has 0 bridgehead atoms. The minimum atomic E-state index is -0.0638. The highest BCUT2D eigenvalue weighted by molar-refractivity contribution is 4.64. The maximum atomic E-state index is 9.76. The van der Waals surface area contributed by atoms with Gasteiger partial charge in [0.25, 0.3) is 0 Å². The van der Waals surface area contributed by atoms with Gasteiger partial charge in [-0.2, -0.15) is 0 Å². The summed E-state index contributed by atoms with van der Waals surface area (Å²) >= 11 is 0. The fraction of sp³-hybridized carbons (Fsp3) is 1.00. The molecule has 0 aromatic rings. The fourth-order valence-electron chi connectivity index (χ4n) is 1.77. The molecular weight excluding hydrogens is 184 g/mol. The fourth-order valence-corrected chi connectivity index (χ4v) is 1.77. The van der Waals surface area contributed by atoms with E-state index in [1.807, 2.05) is 0 Å². The van der Waals surface area contributed by atoms with Gasteiger partial charge in [-0.25, -0.2) is 0 Å². The van der Waals surface area contributed by atoms with Gasteiger partial charge in [-0.05, 0) is 30.6 Å². The molecule has 0 rings (SSSR count). The summed E-state index contributed by atoms with van der Waals surface area (Å²) in [5.74, 6) is 0.770. The minimum absolute atomic E-state index is 0.0638. The first kappa shape index (κ1) is 15.0.